The number of esters is 1. The van der Waals surface area contributed by atoms with Gasteiger partial charge in [0.1, 0.15) is 54.9 Å². The zero-order valence-electron chi connectivity index (χ0n) is 30.8. The molecule has 11 atom stereocenters. The molecule has 0 aromatic heterocycles. The number of carbonyl (C=O) groups is 1. The SMILES string of the molecule is CCCCCC/C=C\CCCCCCCCOCC(COC1OC(COC2OC(CO)C(O)C(O)C2O)C(O)C(O)C1O)OC(=O)CCCCC. The van der Waals surface area contributed by atoms with Crippen LogP contribution in [0, 0.1) is 0 Å². The Hall–Kier alpha value is -1.27. The van der Waals surface area contributed by atoms with Gasteiger partial charge in [-0.25, -0.2) is 0 Å². The Balaban J connectivity index is 1.78. The zero-order valence-corrected chi connectivity index (χ0v) is 30.8. The van der Waals surface area contributed by atoms with Crippen molar-refractivity contribution < 1.29 is 69.0 Å². The first-order valence-corrected chi connectivity index (χ1v) is 19.3. The molecule has 2 rings (SSSR count). The third-order valence-corrected chi connectivity index (χ3v) is 9.27. The highest BCUT2D eigenvalue weighted by atomic mass is 16.7. The lowest BCUT2D eigenvalue weighted by Crippen LogP contribution is -2.61. The number of unbranched alkanes of at least 4 members (excludes halogenated alkanes) is 12. The number of hydrogen-bond acceptors (Lipinski definition) is 14. The predicted molar refractivity (Wildman–Crippen MR) is 187 cm³/mol. The lowest BCUT2D eigenvalue weighted by atomic mass is 9.98. The number of aliphatic hydroxyl groups is 7. The van der Waals surface area contributed by atoms with Crippen LogP contribution in [-0.4, -0.2) is 142 Å². The maximum Gasteiger partial charge on any atom is 0.306 e. The normalized spacial score (nSPS) is 30.5. The summed E-state index contributed by atoms with van der Waals surface area (Å²) < 4.78 is 33.7. The molecule has 0 aliphatic carbocycles. The molecule has 0 radical (unpaired) electrons. The summed E-state index contributed by atoms with van der Waals surface area (Å²) in [5.41, 5.74) is 0. The summed E-state index contributed by atoms with van der Waals surface area (Å²) in [4.78, 5) is 12.5. The van der Waals surface area contributed by atoms with Gasteiger partial charge in [-0.15, -0.1) is 0 Å². The maximum atomic E-state index is 12.5. The summed E-state index contributed by atoms with van der Waals surface area (Å²) >= 11 is 0. The van der Waals surface area contributed by atoms with E-state index in [1.165, 1.54) is 51.4 Å². The second-order valence-corrected chi connectivity index (χ2v) is 13.8. The molecule has 7 N–H and O–H groups in total. The molecule has 0 spiro atoms. The summed E-state index contributed by atoms with van der Waals surface area (Å²) in [6.45, 7) is 3.44. The van der Waals surface area contributed by atoms with Gasteiger partial charge >= 0.3 is 5.97 Å². The van der Waals surface area contributed by atoms with Crippen LogP contribution in [0.25, 0.3) is 0 Å². The van der Waals surface area contributed by atoms with E-state index in [0.717, 1.165) is 38.5 Å². The van der Waals surface area contributed by atoms with Crippen molar-refractivity contribution in [3.05, 3.63) is 12.2 Å². The van der Waals surface area contributed by atoms with Crippen molar-refractivity contribution in [2.45, 2.75) is 184 Å². The molecular formula is C37H68O14. The standard InChI is InChI=1S/C37H68O14/c1-3-5-7-8-9-10-11-12-13-14-15-16-17-19-21-46-23-26(49-29(39)20-18-6-4-2)24-47-36-35(45)33(43)31(41)28(51-36)25-48-37-34(44)32(42)30(40)27(22-38)50-37/h10-11,26-28,30-38,40-45H,3-9,12-25H2,1-2H3/b11-10-. The summed E-state index contributed by atoms with van der Waals surface area (Å²) in [5.74, 6) is -0.404. The highest BCUT2D eigenvalue weighted by Crippen LogP contribution is 2.26. The Bertz CT molecular complexity index is 907. The van der Waals surface area contributed by atoms with Crippen LogP contribution in [0.4, 0.5) is 0 Å². The van der Waals surface area contributed by atoms with E-state index in [9.17, 15) is 40.5 Å². The summed E-state index contributed by atoms with van der Waals surface area (Å²) in [6.07, 6.45) is 5.34. The smallest absolute Gasteiger partial charge is 0.306 e. The quantitative estimate of drug-likeness (QED) is 0.0349. The molecule has 14 heteroatoms. The Morgan fingerprint density at radius 2 is 1.16 bits per heavy atom. The lowest BCUT2D eigenvalue weighted by Gasteiger charge is -2.42. The van der Waals surface area contributed by atoms with E-state index in [2.05, 4.69) is 19.1 Å². The molecule has 2 saturated heterocycles. The molecule has 0 saturated carbocycles. The highest BCUT2D eigenvalue weighted by molar-refractivity contribution is 5.69. The van der Waals surface area contributed by atoms with Gasteiger partial charge in [0, 0.05) is 13.0 Å². The first-order chi connectivity index (χ1) is 24.6. The van der Waals surface area contributed by atoms with Gasteiger partial charge in [-0.2, -0.15) is 0 Å². The topological polar surface area (TPSA) is 214 Å². The average Bonchev–Trinajstić information content (AvgIpc) is 3.12. The summed E-state index contributed by atoms with van der Waals surface area (Å²) in [7, 11) is 0. The predicted octanol–water partition coefficient (Wildman–Crippen LogP) is 2.39. The van der Waals surface area contributed by atoms with Crippen molar-refractivity contribution in [2.75, 3.05) is 33.0 Å². The van der Waals surface area contributed by atoms with Crippen LogP contribution >= 0.6 is 0 Å². The van der Waals surface area contributed by atoms with Crippen LogP contribution in [0.3, 0.4) is 0 Å². The van der Waals surface area contributed by atoms with Gasteiger partial charge in [0.25, 0.3) is 0 Å². The second kappa shape index (κ2) is 27.3. The van der Waals surface area contributed by atoms with Gasteiger partial charge in [0.2, 0.25) is 0 Å². The molecule has 0 aromatic carbocycles. The van der Waals surface area contributed by atoms with Crippen molar-refractivity contribution in [2.24, 2.45) is 0 Å². The van der Waals surface area contributed by atoms with Crippen molar-refractivity contribution in [3.8, 4) is 0 Å². The minimum Gasteiger partial charge on any atom is -0.457 e. The summed E-state index contributed by atoms with van der Waals surface area (Å²) in [6, 6.07) is 0. The monoisotopic (exact) mass is 736 g/mol. The van der Waals surface area contributed by atoms with Crippen LogP contribution in [-0.2, 0) is 33.2 Å². The van der Waals surface area contributed by atoms with Crippen molar-refractivity contribution in [1.29, 1.82) is 0 Å². The molecule has 2 heterocycles. The molecule has 0 amide bonds. The van der Waals surface area contributed by atoms with Crippen molar-refractivity contribution >= 4 is 5.97 Å². The largest absolute Gasteiger partial charge is 0.457 e. The van der Waals surface area contributed by atoms with Crippen LogP contribution in [0.5, 0.6) is 0 Å². The fourth-order valence-electron chi connectivity index (χ4n) is 5.98. The minimum absolute atomic E-state index is 0.0575. The molecule has 0 aromatic rings. The second-order valence-electron chi connectivity index (χ2n) is 13.8. The number of allylic oxidation sites excluding steroid dienone is 2. The van der Waals surface area contributed by atoms with E-state index in [4.69, 9.17) is 28.4 Å². The van der Waals surface area contributed by atoms with Crippen LogP contribution < -0.4 is 0 Å². The maximum absolute atomic E-state index is 12.5. The number of rotatable bonds is 28. The molecule has 11 unspecified atom stereocenters. The Morgan fingerprint density at radius 3 is 1.78 bits per heavy atom. The first-order valence-electron chi connectivity index (χ1n) is 19.3. The minimum atomic E-state index is -1.70. The molecule has 2 aliphatic rings. The zero-order chi connectivity index (χ0) is 37.4. The fourth-order valence-corrected chi connectivity index (χ4v) is 5.98. The number of carbonyl (C=O) groups excluding carboxylic acids is 1. The molecular weight excluding hydrogens is 668 g/mol. The molecule has 51 heavy (non-hydrogen) atoms. The third kappa shape index (κ3) is 17.6. The number of aliphatic hydroxyl groups excluding tert-OH is 7. The van der Waals surface area contributed by atoms with Gasteiger partial charge in [-0.3, -0.25) is 4.79 Å². The van der Waals surface area contributed by atoms with Crippen LogP contribution in [0.15, 0.2) is 12.2 Å². The Labute approximate surface area is 304 Å². The van der Waals surface area contributed by atoms with Gasteiger partial charge < -0.3 is 64.2 Å². The third-order valence-electron chi connectivity index (χ3n) is 9.27. The van der Waals surface area contributed by atoms with Gasteiger partial charge in [0.05, 0.1) is 26.4 Å². The van der Waals surface area contributed by atoms with E-state index >= 15 is 0 Å². The van der Waals surface area contributed by atoms with Gasteiger partial charge in [0.15, 0.2) is 12.6 Å². The average molecular weight is 737 g/mol. The molecule has 14 nitrogen and oxygen atoms in total. The number of ether oxygens (including phenoxy) is 6. The van der Waals surface area contributed by atoms with Crippen molar-refractivity contribution in [3.63, 3.8) is 0 Å². The van der Waals surface area contributed by atoms with E-state index in [1.807, 2.05) is 6.92 Å². The van der Waals surface area contributed by atoms with E-state index in [0.29, 0.717) is 13.0 Å². The highest BCUT2D eigenvalue weighted by Gasteiger charge is 2.47. The van der Waals surface area contributed by atoms with Gasteiger partial charge in [-0.1, -0.05) is 83.8 Å². The van der Waals surface area contributed by atoms with Gasteiger partial charge in [-0.05, 0) is 38.5 Å². The van der Waals surface area contributed by atoms with Crippen molar-refractivity contribution in [1.82, 2.24) is 0 Å². The fraction of sp³-hybridized carbons (Fsp3) is 0.919. The molecule has 2 fully saturated rings. The van der Waals surface area contributed by atoms with E-state index in [-0.39, 0.29) is 19.6 Å². The van der Waals surface area contributed by atoms with Crippen LogP contribution in [0.2, 0.25) is 0 Å². The molecule has 0 bridgehead atoms. The molecule has 300 valence electrons. The first kappa shape index (κ1) is 45.9. The summed E-state index contributed by atoms with van der Waals surface area (Å²) in [5, 5.41) is 71.3. The molecule has 2 aliphatic heterocycles. The van der Waals surface area contributed by atoms with E-state index in [1.54, 1.807) is 0 Å². The Morgan fingerprint density at radius 1 is 0.627 bits per heavy atom. The van der Waals surface area contributed by atoms with Crippen LogP contribution in [0.1, 0.15) is 117 Å². The Kier molecular flexibility index (Phi) is 24.6. The van der Waals surface area contributed by atoms with E-state index < -0.39 is 86.7 Å². The lowest BCUT2D eigenvalue weighted by molar-refractivity contribution is -0.332. The number of hydrogen-bond donors (Lipinski definition) is 7.